The van der Waals surface area contributed by atoms with Gasteiger partial charge in [0, 0.05) is 16.5 Å². The Morgan fingerprint density at radius 3 is 2.32 bits per heavy atom. The number of Topliss-reactive ketones (excluding diaryl/α,β-unsaturated/α-hetero) is 1. The Labute approximate surface area is 155 Å². The van der Waals surface area contributed by atoms with E-state index in [1.807, 2.05) is 53.9 Å². The van der Waals surface area contributed by atoms with E-state index in [9.17, 15) is 4.79 Å². The molecule has 4 heteroatoms. The third-order valence-electron chi connectivity index (χ3n) is 4.15. The molecule has 1 aliphatic heterocycles. The Morgan fingerprint density at radius 1 is 0.920 bits per heavy atom. The number of hydrogen-bond donors (Lipinski definition) is 1. The zero-order chi connectivity index (χ0) is 17.1. The van der Waals surface area contributed by atoms with Crippen molar-refractivity contribution in [1.29, 1.82) is 0 Å². The normalized spacial score (nSPS) is 16.9. The summed E-state index contributed by atoms with van der Waals surface area (Å²) in [5, 5.41) is 6.65. The van der Waals surface area contributed by atoms with Crippen LogP contribution in [-0.2, 0) is 0 Å². The number of carbonyl (C=O) groups is 1. The summed E-state index contributed by atoms with van der Waals surface area (Å²) in [5.74, 6) is 0.138. The number of ketones is 1. The Bertz CT molecular complexity index is 886. The molecule has 0 saturated carbocycles. The molecule has 0 spiro atoms. The maximum absolute atomic E-state index is 13.0. The van der Waals surface area contributed by atoms with E-state index >= 15 is 0 Å². The number of allylic oxidation sites excluding steroid dienone is 1. The van der Waals surface area contributed by atoms with Gasteiger partial charge in [0.1, 0.15) is 0 Å². The van der Waals surface area contributed by atoms with Crippen LogP contribution in [0.3, 0.4) is 0 Å². The second kappa shape index (κ2) is 7.30. The molecule has 25 heavy (non-hydrogen) atoms. The average molecular weight is 364 g/mol. The molecule has 0 saturated heterocycles. The van der Waals surface area contributed by atoms with Gasteiger partial charge in [-0.25, -0.2) is 0 Å². The van der Waals surface area contributed by atoms with Crippen LogP contribution in [0.25, 0.3) is 0 Å². The minimum atomic E-state index is 0.138. The fourth-order valence-electron chi connectivity index (χ4n) is 2.90. The van der Waals surface area contributed by atoms with Crippen LogP contribution >= 0.6 is 23.1 Å². The summed E-state index contributed by atoms with van der Waals surface area (Å²) in [6.45, 7) is 0. The highest BCUT2D eigenvalue weighted by Gasteiger charge is 2.31. The second-order valence-corrected chi connectivity index (χ2v) is 7.99. The number of nitrogens with one attached hydrogen (secondary N) is 1. The number of rotatable bonds is 5. The van der Waals surface area contributed by atoms with Gasteiger partial charge in [0.15, 0.2) is 0 Å². The summed E-state index contributed by atoms with van der Waals surface area (Å²) < 4.78 is 0. The third-order valence-corrected chi connectivity index (χ3v) is 6.32. The molecule has 124 valence electrons. The van der Waals surface area contributed by atoms with Crippen molar-refractivity contribution < 1.29 is 4.79 Å². The van der Waals surface area contributed by atoms with Crippen LogP contribution in [-0.4, -0.2) is 5.78 Å². The molecule has 2 nitrogen and oxygen atoms in total. The maximum atomic E-state index is 13.0. The highest BCUT2D eigenvalue weighted by Crippen LogP contribution is 2.48. The lowest BCUT2D eigenvalue weighted by molar-refractivity contribution is 0.103. The molecule has 0 aliphatic carbocycles. The van der Waals surface area contributed by atoms with Gasteiger partial charge < -0.3 is 5.32 Å². The molecule has 2 aromatic carbocycles. The fourth-order valence-corrected chi connectivity index (χ4v) is 4.91. The zero-order valence-corrected chi connectivity index (χ0v) is 15.1. The summed E-state index contributed by atoms with van der Waals surface area (Å²) >= 11 is 3.25. The number of thiophene rings is 1. The van der Waals surface area contributed by atoms with Gasteiger partial charge in [-0.2, -0.15) is 0 Å². The van der Waals surface area contributed by atoms with Crippen molar-refractivity contribution in [3.05, 3.63) is 99.2 Å². The number of benzene rings is 2. The van der Waals surface area contributed by atoms with Crippen LogP contribution in [0.1, 0.15) is 26.9 Å². The molecule has 0 amide bonds. The molecule has 0 radical (unpaired) electrons. The van der Waals surface area contributed by atoms with Gasteiger partial charge in [0.25, 0.3) is 0 Å². The Kier molecular flexibility index (Phi) is 4.72. The Balaban J connectivity index is 1.65. The van der Waals surface area contributed by atoms with Gasteiger partial charge >= 0.3 is 0 Å². The first-order chi connectivity index (χ1) is 12.3. The van der Waals surface area contributed by atoms with E-state index in [0.29, 0.717) is 0 Å². The van der Waals surface area contributed by atoms with E-state index in [-0.39, 0.29) is 11.0 Å². The van der Waals surface area contributed by atoms with Crippen molar-refractivity contribution >= 4 is 34.6 Å². The summed E-state index contributed by atoms with van der Waals surface area (Å²) in [6, 6.07) is 24.3. The van der Waals surface area contributed by atoms with E-state index in [1.54, 1.807) is 11.8 Å². The maximum Gasteiger partial charge on any atom is 0.201 e. The molecule has 2 heterocycles. The van der Waals surface area contributed by atoms with Gasteiger partial charge in [-0.1, -0.05) is 66.4 Å². The van der Waals surface area contributed by atoms with Gasteiger partial charge in [0.2, 0.25) is 5.78 Å². The third kappa shape index (κ3) is 3.55. The topological polar surface area (TPSA) is 29.1 Å². The molecule has 1 aliphatic rings. The van der Waals surface area contributed by atoms with E-state index in [1.165, 1.54) is 16.9 Å². The van der Waals surface area contributed by atoms with Gasteiger partial charge in [-0.3, -0.25) is 4.79 Å². The predicted octanol–water partition coefficient (Wildman–Crippen LogP) is 6.13. The molecule has 4 rings (SSSR count). The van der Waals surface area contributed by atoms with Crippen molar-refractivity contribution in [3.63, 3.8) is 0 Å². The molecule has 3 aromatic rings. The van der Waals surface area contributed by atoms with Gasteiger partial charge in [-0.15, -0.1) is 11.3 Å². The lowest BCUT2D eigenvalue weighted by Crippen LogP contribution is -2.05. The second-order valence-electron chi connectivity index (χ2n) is 5.83. The molecule has 1 atom stereocenters. The van der Waals surface area contributed by atoms with Crippen LogP contribution in [0.2, 0.25) is 0 Å². The number of hydrogen-bond acceptors (Lipinski definition) is 4. The predicted molar refractivity (Wildman–Crippen MR) is 107 cm³/mol. The van der Waals surface area contributed by atoms with Gasteiger partial charge in [-0.05, 0) is 35.6 Å². The molecular weight excluding hydrogens is 346 g/mol. The highest BCUT2D eigenvalue weighted by molar-refractivity contribution is 8.03. The zero-order valence-electron chi connectivity index (χ0n) is 13.5. The molecular formula is C21H17NOS2. The van der Waals surface area contributed by atoms with Crippen molar-refractivity contribution in [2.75, 3.05) is 5.32 Å². The van der Waals surface area contributed by atoms with Crippen molar-refractivity contribution in [3.8, 4) is 0 Å². The minimum Gasteiger partial charge on any atom is -0.350 e. The number of carbonyl (C=O) groups excluding carboxylic acids is 1. The lowest BCUT2D eigenvalue weighted by atomic mass is 10.0. The molecule has 1 unspecified atom stereocenters. The first kappa shape index (κ1) is 16.2. The van der Waals surface area contributed by atoms with Crippen molar-refractivity contribution in [2.24, 2.45) is 0 Å². The summed E-state index contributed by atoms with van der Waals surface area (Å²) in [5.41, 5.74) is 3.15. The van der Waals surface area contributed by atoms with E-state index < -0.39 is 0 Å². The summed E-state index contributed by atoms with van der Waals surface area (Å²) in [4.78, 5) is 13.8. The number of thioether (sulfide) groups is 1. The van der Waals surface area contributed by atoms with Crippen LogP contribution in [0.4, 0.5) is 5.69 Å². The molecule has 1 N–H and O–H groups in total. The summed E-state index contributed by atoms with van der Waals surface area (Å²) in [6.07, 6.45) is 0.751. The quantitative estimate of drug-likeness (QED) is 0.553. The average Bonchev–Trinajstić information content (AvgIpc) is 3.33. The van der Waals surface area contributed by atoms with E-state index in [4.69, 9.17) is 0 Å². The fraction of sp³-hybridized carbons (Fsp3) is 0.0952. The lowest BCUT2D eigenvalue weighted by Gasteiger charge is -2.11. The number of para-hydroxylation sites is 1. The smallest absolute Gasteiger partial charge is 0.201 e. The largest absolute Gasteiger partial charge is 0.350 e. The van der Waals surface area contributed by atoms with Crippen LogP contribution in [0.15, 0.2) is 88.8 Å². The van der Waals surface area contributed by atoms with Crippen molar-refractivity contribution in [1.82, 2.24) is 0 Å². The van der Waals surface area contributed by atoms with Crippen LogP contribution in [0, 0.1) is 0 Å². The van der Waals surface area contributed by atoms with E-state index in [2.05, 4.69) is 29.6 Å². The van der Waals surface area contributed by atoms with Crippen LogP contribution in [0.5, 0.6) is 0 Å². The molecule has 0 bridgehead atoms. The first-order valence-corrected chi connectivity index (χ1v) is 9.92. The minimum absolute atomic E-state index is 0.138. The number of anilines is 1. The first-order valence-electron chi connectivity index (χ1n) is 8.16. The van der Waals surface area contributed by atoms with E-state index in [0.717, 1.165) is 27.6 Å². The van der Waals surface area contributed by atoms with Crippen molar-refractivity contribution in [2.45, 2.75) is 11.7 Å². The molecule has 0 fully saturated rings. The Morgan fingerprint density at radius 2 is 1.64 bits per heavy atom. The SMILES string of the molecule is O=C(C1=C(Nc2ccccc2)SC(c2ccccc2)C1)c1cccs1. The Hall–Kier alpha value is -2.30. The standard InChI is InChI=1S/C21H17NOS2/c23-20(18-12-7-13-24-18)17-14-19(15-8-3-1-4-9-15)25-21(17)22-16-10-5-2-6-11-16/h1-13,19,22H,14H2. The highest BCUT2D eigenvalue weighted by atomic mass is 32.2. The van der Waals surface area contributed by atoms with Gasteiger partial charge in [0.05, 0.1) is 9.91 Å². The summed E-state index contributed by atoms with van der Waals surface area (Å²) in [7, 11) is 0. The monoisotopic (exact) mass is 363 g/mol. The molecule has 1 aromatic heterocycles. The van der Waals surface area contributed by atoms with Crippen LogP contribution < -0.4 is 5.32 Å².